The Balaban J connectivity index is 2.74. The van der Waals surface area contributed by atoms with Crippen LogP contribution in [-0.4, -0.2) is 20.4 Å². The van der Waals surface area contributed by atoms with Crippen molar-refractivity contribution in [1.82, 2.24) is 0 Å². The summed E-state index contributed by atoms with van der Waals surface area (Å²) >= 11 is 0. The minimum absolute atomic E-state index is 0.187. The second kappa shape index (κ2) is 5.80. The molecule has 1 atom stereocenters. The first-order valence-corrected chi connectivity index (χ1v) is 6.77. The van der Waals surface area contributed by atoms with E-state index in [0.29, 0.717) is 5.69 Å². The van der Waals surface area contributed by atoms with E-state index in [0.717, 1.165) is 0 Å². The van der Waals surface area contributed by atoms with Crippen LogP contribution < -0.4 is 20.9 Å². The fraction of sp³-hybridized carbons (Fsp3) is 0.300. The van der Waals surface area contributed by atoms with Crippen LogP contribution in [0.1, 0.15) is 13.3 Å². The van der Waals surface area contributed by atoms with Gasteiger partial charge >= 0.3 is 0 Å². The summed E-state index contributed by atoms with van der Waals surface area (Å²) < 4.78 is 23.8. The van der Waals surface area contributed by atoms with E-state index < -0.39 is 10.2 Å². The van der Waals surface area contributed by atoms with Crippen LogP contribution in [0.5, 0.6) is 0 Å². The molecule has 0 saturated heterocycles. The minimum Gasteiger partial charge on any atom is -0.327 e. The average Bonchev–Trinajstić information content (AvgIpc) is 2.13. The van der Waals surface area contributed by atoms with Crippen molar-refractivity contribution < 1.29 is 13.2 Å². The second-order valence-corrected chi connectivity index (χ2v) is 5.25. The molecule has 1 unspecified atom stereocenters. The van der Waals surface area contributed by atoms with Crippen molar-refractivity contribution in [3.05, 3.63) is 24.3 Å². The molecule has 1 aromatic carbocycles. The van der Waals surface area contributed by atoms with Gasteiger partial charge in [0.25, 0.3) is 10.2 Å². The molecule has 18 heavy (non-hydrogen) atoms. The lowest BCUT2D eigenvalue weighted by Crippen LogP contribution is -2.24. The fourth-order valence-corrected chi connectivity index (χ4v) is 1.78. The van der Waals surface area contributed by atoms with Crippen LogP contribution >= 0.6 is 0 Å². The molecule has 0 aliphatic carbocycles. The summed E-state index contributed by atoms with van der Waals surface area (Å²) in [5.41, 5.74) is 6.23. The molecule has 0 saturated carbocycles. The topological polar surface area (TPSA) is 127 Å². The Bertz CT molecular complexity index is 528. The van der Waals surface area contributed by atoms with Gasteiger partial charge < -0.3 is 11.1 Å². The van der Waals surface area contributed by atoms with E-state index in [4.69, 9.17) is 10.9 Å². The maximum Gasteiger partial charge on any atom is 0.296 e. The van der Waals surface area contributed by atoms with Gasteiger partial charge in [-0.15, -0.1) is 0 Å². The number of rotatable bonds is 5. The zero-order chi connectivity index (χ0) is 13.8. The van der Waals surface area contributed by atoms with Crippen molar-refractivity contribution >= 4 is 27.5 Å². The first kappa shape index (κ1) is 14.4. The second-order valence-electron chi connectivity index (χ2n) is 3.96. The molecular weight excluding hydrogens is 256 g/mol. The summed E-state index contributed by atoms with van der Waals surface area (Å²) in [6.45, 7) is 1.72. The Kier molecular flexibility index (Phi) is 4.65. The third-order valence-electron chi connectivity index (χ3n) is 1.91. The highest BCUT2D eigenvalue weighted by Crippen LogP contribution is 2.15. The molecule has 0 fully saturated rings. The summed E-state index contributed by atoms with van der Waals surface area (Å²) in [6.07, 6.45) is 0.187. The monoisotopic (exact) mass is 272 g/mol. The van der Waals surface area contributed by atoms with Gasteiger partial charge in [-0.3, -0.25) is 9.52 Å². The quantitative estimate of drug-likeness (QED) is 0.600. The van der Waals surface area contributed by atoms with E-state index in [-0.39, 0.29) is 24.1 Å². The van der Waals surface area contributed by atoms with Crippen molar-refractivity contribution in [3.63, 3.8) is 0 Å². The van der Waals surface area contributed by atoms with Crippen LogP contribution in [0.25, 0.3) is 0 Å². The van der Waals surface area contributed by atoms with Crippen molar-refractivity contribution in [3.8, 4) is 0 Å². The van der Waals surface area contributed by atoms with Crippen molar-refractivity contribution in [2.24, 2.45) is 10.9 Å². The molecule has 0 aliphatic rings. The molecule has 0 radical (unpaired) electrons. The number of hydrogen-bond acceptors (Lipinski definition) is 4. The van der Waals surface area contributed by atoms with Crippen molar-refractivity contribution in [2.45, 2.75) is 19.4 Å². The Hall–Kier alpha value is -1.64. The molecule has 0 aromatic heterocycles. The van der Waals surface area contributed by atoms with Gasteiger partial charge in [0.1, 0.15) is 0 Å². The summed E-state index contributed by atoms with van der Waals surface area (Å²) in [5, 5.41) is 7.45. The van der Waals surface area contributed by atoms with E-state index in [1.54, 1.807) is 19.1 Å². The Morgan fingerprint density at radius 3 is 2.56 bits per heavy atom. The maximum atomic E-state index is 11.5. The summed E-state index contributed by atoms with van der Waals surface area (Å²) in [7, 11) is -3.82. The lowest BCUT2D eigenvalue weighted by molar-refractivity contribution is -0.116. The number of hydrogen-bond donors (Lipinski definition) is 4. The molecule has 7 nitrogen and oxygen atoms in total. The van der Waals surface area contributed by atoms with E-state index >= 15 is 0 Å². The molecular formula is C10H16N4O3S. The third kappa shape index (κ3) is 5.62. The van der Waals surface area contributed by atoms with Crippen LogP contribution in [0, 0.1) is 0 Å². The first-order chi connectivity index (χ1) is 8.26. The molecule has 8 heteroatoms. The fourth-order valence-electron chi connectivity index (χ4n) is 1.33. The van der Waals surface area contributed by atoms with Crippen LogP contribution in [0.15, 0.2) is 24.3 Å². The maximum absolute atomic E-state index is 11.5. The highest BCUT2D eigenvalue weighted by atomic mass is 32.2. The SMILES string of the molecule is CC(N)CC(=O)Nc1cccc(NS(N)(=O)=O)c1. The zero-order valence-electron chi connectivity index (χ0n) is 9.88. The summed E-state index contributed by atoms with van der Waals surface area (Å²) in [4.78, 5) is 11.5. The smallest absolute Gasteiger partial charge is 0.296 e. The number of nitrogens with two attached hydrogens (primary N) is 2. The van der Waals surface area contributed by atoms with Crippen molar-refractivity contribution in [1.29, 1.82) is 0 Å². The largest absolute Gasteiger partial charge is 0.327 e. The highest BCUT2D eigenvalue weighted by molar-refractivity contribution is 7.90. The molecule has 1 rings (SSSR count). The first-order valence-electron chi connectivity index (χ1n) is 5.22. The van der Waals surface area contributed by atoms with Gasteiger partial charge in [0.2, 0.25) is 5.91 Å². The highest BCUT2D eigenvalue weighted by Gasteiger charge is 2.07. The Morgan fingerprint density at radius 1 is 1.39 bits per heavy atom. The predicted octanol–water partition coefficient (Wildman–Crippen LogP) is -0.0222. The zero-order valence-corrected chi connectivity index (χ0v) is 10.7. The van der Waals surface area contributed by atoms with E-state index in [1.165, 1.54) is 12.1 Å². The van der Waals surface area contributed by atoms with Gasteiger partial charge in [0.05, 0.1) is 5.69 Å². The van der Waals surface area contributed by atoms with E-state index in [2.05, 4.69) is 10.0 Å². The third-order valence-corrected chi connectivity index (χ3v) is 2.43. The summed E-state index contributed by atoms with van der Waals surface area (Å²) in [5.74, 6) is -0.238. The van der Waals surface area contributed by atoms with Gasteiger partial charge in [0, 0.05) is 18.2 Å². The number of anilines is 2. The summed E-state index contributed by atoms with van der Waals surface area (Å²) in [6, 6.07) is 5.97. The van der Waals surface area contributed by atoms with Gasteiger partial charge in [-0.05, 0) is 25.1 Å². The number of amides is 1. The van der Waals surface area contributed by atoms with E-state index in [9.17, 15) is 13.2 Å². The Labute approximate surface area is 106 Å². The molecule has 0 heterocycles. The molecule has 0 aliphatic heterocycles. The molecule has 0 spiro atoms. The van der Waals surface area contributed by atoms with Crippen LogP contribution in [-0.2, 0) is 15.0 Å². The normalized spacial score (nSPS) is 12.8. The van der Waals surface area contributed by atoms with Gasteiger partial charge in [-0.25, -0.2) is 5.14 Å². The standard InChI is InChI=1S/C10H16N4O3S/c1-7(11)5-10(15)13-8-3-2-4-9(6-8)14-18(12,16)17/h2-4,6-7,14H,5,11H2,1H3,(H,13,15)(H2,12,16,17). The Morgan fingerprint density at radius 2 is 2.00 bits per heavy atom. The molecule has 100 valence electrons. The van der Waals surface area contributed by atoms with Gasteiger partial charge in [0.15, 0.2) is 0 Å². The van der Waals surface area contributed by atoms with E-state index in [1.807, 2.05) is 0 Å². The minimum atomic E-state index is -3.82. The number of nitrogens with one attached hydrogen (secondary N) is 2. The van der Waals surface area contributed by atoms with Crippen LogP contribution in [0.4, 0.5) is 11.4 Å². The van der Waals surface area contributed by atoms with Crippen LogP contribution in [0.2, 0.25) is 0 Å². The molecule has 6 N–H and O–H groups in total. The van der Waals surface area contributed by atoms with Gasteiger partial charge in [-0.1, -0.05) is 6.07 Å². The average molecular weight is 272 g/mol. The number of carbonyl (C=O) groups is 1. The van der Waals surface area contributed by atoms with Gasteiger partial charge in [-0.2, -0.15) is 8.42 Å². The van der Waals surface area contributed by atoms with Crippen molar-refractivity contribution in [2.75, 3.05) is 10.0 Å². The number of benzene rings is 1. The molecule has 0 bridgehead atoms. The lowest BCUT2D eigenvalue weighted by atomic mass is 10.2. The predicted molar refractivity (Wildman–Crippen MR) is 70.1 cm³/mol. The molecule has 1 aromatic rings. The number of carbonyl (C=O) groups excluding carboxylic acids is 1. The lowest BCUT2D eigenvalue weighted by Gasteiger charge is -2.09. The van der Waals surface area contributed by atoms with Crippen LogP contribution in [0.3, 0.4) is 0 Å². The molecule has 1 amide bonds.